The van der Waals surface area contributed by atoms with Crippen molar-refractivity contribution >= 4 is 39.5 Å². The summed E-state index contributed by atoms with van der Waals surface area (Å²) >= 11 is 0. The second-order valence-electron chi connectivity index (χ2n) is 28.8. The van der Waals surface area contributed by atoms with Gasteiger partial charge in [0.25, 0.3) is 0 Å². The second-order valence-corrected chi connectivity index (χ2v) is 31.7. The first-order valence-electron chi connectivity index (χ1n) is 39.3. The lowest BCUT2D eigenvalue weighted by atomic mass is 10.0. The second kappa shape index (κ2) is 66.6. The number of rotatable bonds is 74. The van der Waals surface area contributed by atoms with Gasteiger partial charge in [-0.2, -0.15) is 0 Å². The van der Waals surface area contributed by atoms with Crippen LogP contribution in [0.4, 0.5) is 0 Å². The van der Waals surface area contributed by atoms with Gasteiger partial charge in [0.1, 0.15) is 19.3 Å². The summed E-state index contributed by atoms with van der Waals surface area (Å²) in [6, 6.07) is 0. The minimum absolute atomic E-state index is 0.105. The molecule has 95 heavy (non-hydrogen) atoms. The van der Waals surface area contributed by atoms with Crippen LogP contribution in [0.25, 0.3) is 0 Å². The molecule has 0 spiro atoms. The van der Waals surface area contributed by atoms with Crippen molar-refractivity contribution in [2.75, 3.05) is 39.6 Å². The minimum atomic E-state index is -4.96. The number of ether oxygens (including phenoxy) is 4. The molecule has 0 aromatic rings. The van der Waals surface area contributed by atoms with E-state index in [1.165, 1.54) is 193 Å². The monoisotopic (exact) mass is 1400 g/mol. The fourth-order valence-corrected chi connectivity index (χ4v) is 13.2. The van der Waals surface area contributed by atoms with Crippen LogP contribution in [0.2, 0.25) is 0 Å². The summed E-state index contributed by atoms with van der Waals surface area (Å²) < 4.78 is 68.3. The number of aliphatic hydroxyl groups excluding tert-OH is 1. The van der Waals surface area contributed by atoms with Gasteiger partial charge in [0.15, 0.2) is 12.2 Å². The van der Waals surface area contributed by atoms with Crippen LogP contribution in [0.1, 0.15) is 389 Å². The van der Waals surface area contributed by atoms with Crippen molar-refractivity contribution in [2.24, 2.45) is 17.8 Å². The van der Waals surface area contributed by atoms with Crippen molar-refractivity contribution in [3.63, 3.8) is 0 Å². The molecule has 564 valence electrons. The quantitative estimate of drug-likeness (QED) is 0.0222. The van der Waals surface area contributed by atoms with Gasteiger partial charge in [-0.05, 0) is 43.4 Å². The number of carbonyl (C=O) groups excluding carboxylic acids is 4. The Morgan fingerprint density at radius 1 is 0.284 bits per heavy atom. The molecule has 3 N–H and O–H groups in total. The maximum atomic E-state index is 13.1. The lowest BCUT2D eigenvalue weighted by Gasteiger charge is -2.21. The molecular formula is C76H148O17P2. The zero-order chi connectivity index (χ0) is 70.1. The number of hydrogen-bond donors (Lipinski definition) is 3. The molecule has 0 aromatic heterocycles. The van der Waals surface area contributed by atoms with Gasteiger partial charge >= 0.3 is 39.5 Å². The van der Waals surface area contributed by atoms with Crippen LogP contribution in [0.15, 0.2) is 0 Å². The average Bonchev–Trinajstić information content (AvgIpc) is 1.67. The van der Waals surface area contributed by atoms with Gasteiger partial charge in [-0.15, -0.1) is 0 Å². The molecule has 19 heteroatoms. The Labute approximate surface area is 581 Å². The van der Waals surface area contributed by atoms with Crippen molar-refractivity contribution in [1.29, 1.82) is 0 Å². The smallest absolute Gasteiger partial charge is 0.462 e. The predicted octanol–water partition coefficient (Wildman–Crippen LogP) is 22.2. The molecule has 5 atom stereocenters. The first-order valence-corrected chi connectivity index (χ1v) is 42.3. The Bertz CT molecular complexity index is 1850. The molecule has 0 radical (unpaired) electrons. The van der Waals surface area contributed by atoms with E-state index in [0.29, 0.717) is 25.7 Å². The fourth-order valence-electron chi connectivity index (χ4n) is 11.6. The highest BCUT2D eigenvalue weighted by Gasteiger charge is 2.30. The Morgan fingerprint density at radius 3 is 0.716 bits per heavy atom. The van der Waals surface area contributed by atoms with Crippen LogP contribution >= 0.6 is 15.6 Å². The third-order valence-corrected chi connectivity index (χ3v) is 19.5. The molecule has 0 aliphatic heterocycles. The molecular weight excluding hydrogens is 1250 g/mol. The van der Waals surface area contributed by atoms with Gasteiger partial charge < -0.3 is 33.8 Å². The molecule has 2 unspecified atom stereocenters. The van der Waals surface area contributed by atoms with Gasteiger partial charge in [-0.3, -0.25) is 37.3 Å². The van der Waals surface area contributed by atoms with Crippen LogP contribution < -0.4 is 0 Å². The van der Waals surface area contributed by atoms with Crippen molar-refractivity contribution in [3.8, 4) is 0 Å². The highest BCUT2D eigenvalue weighted by molar-refractivity contribution is 7.47. The average molecular weight is 1400 g/mol. The van der Waals surface area contributed by atoms with E-state index in [2.05, 4.69) is 48.5 Å². The summed E-state index contributed by atoms with van der Waals surface area (Å²) in [6.07, 6.45) is 53.2. The predicted molar refractivity (Wildman–Crippen MR) is 386 cm³/mol. The van der Waals surface area contributed by atoms with Crippen molar-refractivity contribution in [2.45, 2.75) is 407 Å². The van der Waals surface area contributed by atoms with E-state index in [0.717, 1.165) is 114 Å². The van der Waals surface area contributed by atoms with Gasteiger partial charge in [0.05, 0.1) is 26.4 Å². The summed E-state index contributed by atoms with van der Waals surface area (Å²) in [5.41, 5.74) is 0. The maximum Gasteiger partial charge on any atom is 0.472 e. The standard InChI is InChI=1S/C76H148O17P2/c1-8-9-10-40-50-57-73(78)86-63-71(92-75(80)60-53-46-39-33-27-26-30-36-43-49-56-69(6)7)65-90-94(82,83)88-61-70(77)62-89-95(84,85)91-66-72(64-87-74(79)58-51-44-37-31-24-21-17-19-23-29-35-42-48-55-68(4)5)93-76(81)59-52-45-38-32-25-20-16-14-12-11-13-15-18-22-28-34-41-47-54-67(2)3/h67-72,77H,8-66H2,1-7H3,(H,82,83)(H,84,85)/t70-,71+,72+/m0/s1. The topological polar surface area (TPSA) is 237 Å². The lowest BCUT2D eigenvalue weighted by molar-refractivity contribution is -0.161. The highest BCUT2D eigenvalue weighted by atomic mass is 31.2. The normalized spacial score (nSPS) is 14.1. The van der Waals surface area contributed by atoms with E-state index >= 15 is 0 Å². The van der Waals surface area contributed by atoms with Crippen molar-refractivity contribution in [1.82, 2.24) is 0 Å². The minimum Gasteiger partial charge on any atom is -0.462 e. The van der Waals surface area contributed by atoms with E-state index in [1.54, 1.807) is 0 Å². The zero-order valence-electron chi connectivity index (χ0n) is 62.1. The zero-order valence-corrected chi connectivity index (χ0v) is 63.9. The van der Waals surface area contributed by atoms with E-state index in [9.17, 15) is 43.2 Å². The van der Waals surface area contributed by atoms with Crippen LogP contribution in [0.5, 0.6) is 0 Å². The largest absolute Gasteiger partial charge is 0.472 e. The molecule has 0 amide bonds. The fraction of sp³-hybridized carbons (Fsp3) is 0.947. The summed E-state index contributed by atoms with van der Waals surface area (Å²) in [5, 5.41) is 10.6. The van der Waals surface area contributed by atoms with E-state index in [1.807, 2.05) is 0 Å². The molecule has 0 aliphatic rings. The summed E-state index contributed by atoms with van der Waals surface area (Å²) in [7, 11) is -9.90. The van der Waals surface area contributed by atoms with Crippen LogP contribution in [0.3, 0.4) is 0 Å². The number of unbranched alkanes of at least 4 members (excludes halogenated alkanes) is 42. The van der Waals surface area contributed by atoms with Gasteiger partial charge in [0, 0.05) is 25.7 Å². The third-order valence-electron chi connectivity index (χ3n) is 17.6. The molecule has 0 bridgehead atoms. The van der Waals surface area contributed by atoms with E-state index < -0.39 is 97.5 Å². The van der Waals surface area contributed by atoms with Crippen LogP contribution in [-0.2, 0) is 65.4 Å². The van der Waals surface area contributed by atoms with Crippen LogP contribution in [-0.4, -0.2) is 96.7 Å². The molecule has 0 saturated carbocycles. The third kappa shape index (κ3) is 70.3. The van der Waals surface area contributed by atoms with Crippen LogP contribution in [0, 0.1) is 17.8 Å². The Balaban J connectivity index is 5.13. The van der Waals surface area contributed by atoms with Gasteiger partial charge in [-0.25, -0.2) is 9.13 Å². The maximum absolute atomic E-state index is 13.1. The van der Waals surface area contributed by atoms with Gasteiger partial charge in [0.2, 0.25) is 0 Å². The molecule has 0 aliphatic carbocycles. The van der Waals surface area contributed by atoms with Crippen molar-refractivity contribution in [3.05, 3.63) is 0 Å². The lowest BCUT2D eigenvalue weighted by Crippen LogP contribution is -2.30. The Kier molecular flexibility index (Phi) is 65.2. The molecule has 17 nitrogen and oxygen atoms in total. The van der Waals surface area contributed by atoms with Gasteiger partial charge in [-0.1, -0.05) is 337 Å². The van der Waals surface area contributed by atoms with E-state index in [-0.39, 0.29) is 25.7 Å². The first kappa shape index (κ1) is 93.1. The Morgan fingerprint density at radius 2 is 0.484 bits per heavy atom. The molecule has 0 saturated heterocycles. The summed E-state index contributed by atoms with van der Waals surface area (Å²) in [4.78, 5) is 72.5. The van der Waals surface area contributed by atoms with Crippen molar-refractivity contribution < 1.29 is 80.2 Å². The molecule has 0 rings (SSSR count). The number of aliphatic hydroxyl groups is 1. The summed E-state index contributed by atoms with van der Waals surface area (Å²) in [5.74, 6) is 0.234. The Hall–Kier alpha value is -1.94. The molecule has 0 fully saturated rings. The number of esters is 4. The number of phosphoric ester groups is 2. The molecule has 0 heterocycles. The highest BCUT2D eigenvalue weighted by Crippen LogP contribution is 2.45. The summed E-state index contributed by atoms with van der Waals surface area (Å²) in [6.45, 7) is 11.9. The van der Waals surface area contributed by atoms with E-state index in [4.69, 9.17) is 37.0 Å². The SMILES string of the molecule is CCCCCCCC(=O)OC[C@H](COP(=O)(O)OC[C@H](O)COP(=O)(O)OC[C@@H](COC(=O)CCCCCCCCCCCCCCCC(C)C)OC(=O)CCCCCCCCCCCCCCCCCCCCC(C)C)OC(=O)CCCCCCCCCCCCC(C)C. The number of hydrogen-bond acceptors (Lipinski definition) is 15. The first-order chi connectivity index (χ1) is 45.7. The molecule has 0 aromatic carbocycles. The number of carbonyl (C=O) groups is 4. The number of phosphoric acid groups is 2.